The van der Waals surface area contributed by atoms with E-state index in [0.717, 1.165) is 17.1 Å². The van der Waals surface area contributed by atoms with Gasteiger partial charge in [-0.15, -0.1) is 0 Å². The quantitative estimate of drug-likeness (QED) is 0.790. The highest BCUT2D eigenvalue weighted by molar-refractivity contribution is 5.29. The standard InChI is InChI=1S/C12H20N2O2/c1-9-5-6-11(10(14-9)7-13-4)16-8-12(2,3)15/h5-6,13,15H,7-8H2,1-4H3. The van der Waals surface area contributed by atoms with Crippen molar-refractivity contribution in [3.05, 3.63) is 23.5 Å². The Morgan fingerprint density at radius 3 is 2.69 bits per heavy atom. The molecule has 1 aromatic rings. The van der Waals surface area contributed by atoms with Crippen molar-refractivity contribution in [2.45, 2.75) is 32.9 Å². The Morgan fingerprint density at radius 2 is 2.12 bits per heavy atom. The van der Waals surface area contributed by atoms with E-state index in [1.807, 2.05) is 26.1 Å². The average Bonchev–Trinajstić information content (AvgIpc) is 2.15. The number of aromatic nitrogens is 1. The maximum atomic E-state index is 9.59. The first-order chi connectivity index (χ1) is 7.42. The minimum atomic E-state index is -0.832. The van der Waals surface area contributed by atoms with Gasteiger partial charge in [0, 0.05) is 12.2 Å². The summed E-state index contributed by atoms with van der Waals surface area (Å²) in [7, 11) is 1.86. The Morgan fingerprint density at radius 1 is 1.44 bits per heavy atom. The fourth-order valence-corrected chi connectivity index (χ4v) is 1.28. The molecular weight excluding hydrogens is 204 g/mol. The summed E-state index contributed by atoms with van der Waals surface area (Å²) < 4.78 is 5.56. The second kappa shape index (κ2) is 5.27. The van der Waals surface area contributed by atoms with Gasteiger partial charge < -0.3 is 15.2 Å². The van der Waals surface area contributed by atoms with Crippen molar-refractivity contribution in [3.8, 4) is 5.75 Å². The van der Waals surface area contributed by atoms with Crippen LogP contribution in [0.25, 0.3) is 0 Å². The number of nitrogens with one attached hydrogen (secondary N) is 1. The number of hydrogen-bond donors (Lipinski definition) is 2. The molecule has 0 aliphatic carbocycles. The van der Waals surface area contributed by atoms with Gasteiger partial charge in [-0.2, -0.15) is 0 Å². The lowest BCUT2D eigenvalue weighted by molar-refractivity contribution is 0.0280. The minimum absolute atomic E-state index is 0.258. The Hall–Kier alpha value is -1.13. The van der Waals surface area contributed by atoms with Crippen LogP contribution in [0.5, 0.6) is 5.75 Å². The summed E-state index contributed by atoms with van der Waals surface area (Å²) >= 11 is 0. The van der Waals surface area contributed by atoms with E-state index in [9.17, 15) is 5.11 Å². The van der Waals surface area contributed by atoms with E-state index in [0.29, 0.717) is 6.54 Å². The zero-order chi connectivity index (χ0) is 12.2. The van der Waals surface area contributed by atoms with E-state index >= 15 is 0 Å². The lowest BCUT2D eigenvalue weighted by Crippen LogP contribution is -2.28. The van der Waals surface area contributed by atoms with Gasteiger partial charge in [-0.1, -0.05) is 0 Å². The van der Waals surface area contributed by atoms with Gasteiger partial charge in [0.15, 0.2) is 0 Å². The molecule has 0 spiro atoms. The van der Waals surface area contributed by atoms with Crippen LogP contribution in [-0.4, -0.2) is 29.3 Å². The highest BCUT2D eigenvalue weighted by Crippen LogP contribution is 2.18. The summed E-state index contributed by atoms with van der Waals surface area (Å²) in [4.78, 5) is 4.39. The number of aryl methyl sites for hydroxylation is 1. The van der Waals surface area contributed by atoms with Crippen LogP contribution in [0.1, 0.15) is 25.2 Å². The molecule has 4 heteroatoms. The summed E-state index contributed by atoms with van der Waals surface area (Å²) in [5.74, 6) is 0.724. The van der Waals surface area contributed by atoms with E-state index in [-0.39, 0.29) is 6.61 Å². The number of rotatable bonds is 5. The first-order valence-electron chi connectivity index (χ1n) is 5.38. The summed E-state index contributed by atoms with van der Waals surface area (Å²) in [6.07, 6.45) is 0. The molecule has 0 unspecified atom stereocenters. The van der Waals surface area contributed by atoms with E-state index < -0.39 is 5.60 Å². The van der Waals surface area contributed by atoms with Gasteiger partial charge in [-0.25, -0.2) is 0 Å². The fourth-order valence-electron chi connectivity index (χ4n) is 1.28. The molecular formula is C12H20N2O2. The van der Waals surface area contributed by atoms with Gasteiger partial charge in [-0.3, -0.25) is 4.98 Å². The van der Waals surface area contributed by atoms with Gasteiger partial charge in [0.1, 0.15) is 12.4 Å². The molecule has 4 nitrogen and oxygen atoms in total. The number of pyridine rings is 1. The first-order valence-corrected chi connectivity index (χ1v) is 5.38. The van der Waals surface area contributed by atoms with E-state index in [2.05, 4.69) is 10.3 Å². The van der Waals surface area contributed by atoms with Crippen molar-refractivity contribution >= 4 is 0 Å². The maximum Gasteiger partial charge on any atom is 0.142 e. The Labute approximate surface area is 96.7 Å². The lowest BCUT2D eigenvalue weighted by atomic mass is 10.2. The molecule has 90 valence electrons. The number of aliphatic hydroxyl groups is 1. The molecule has 0 amide bonds. The molecule has 0 aliphatic heterocycles. The minimum Gasteiger partial charge on any atom is -0.489 e. The van der Waals surface area contributed by atoms with E-state index in [1.165, 1.54) is 0 Å². The molecule has 2 N–H and O–H groups in total. The van der Waals surface area contributed by atoms with Crippen molar-refractivity contribution in [3.63, 3.8) is 0 Å². The van der Waals surface area contributed by atoms with E-state index in [1.54, 1.807) is 13.8 Å². The van der Waals surface area contributed by atoms with Crippen LogP contribution in [0.3, 0.4) is 0 Å². The normalized spacial score (nSPS) is 11.6. The van der Waals surface area contributed by atoms with Crippen LogP contribution in [-0.2, 0) is 6.54 Å². The molecule has 0 aliphatic rings. The zero-order valence-electron chi connectivity index (χ0n) is 10.4. The summed E-state index contributed by atoms with van der Waals surface area (Å²) in [5.41, 5.74) is 0.995. The van der Waals surface area contributed by atoms with E-state index in [4.69, 9.17) is 4.74 Å². The second-order valence-corrected chi connectivity index (χ2v) is 4.53. The van der Waals surface area contributed by atoms with Crippen molar-refractivity contribution in [1.82, 2.24) is 10.3 Å². The van der Waals surface area contributed by atoms with Crippen molar-refractivity contribution in [2.24, 2.45) is 0 Å². The fraction of sp³-hybridized carbons (Fsp3) is 0.583. The topological polar surface area (TPSA) is 54.4 Å². The molecule has 0 bridgehead atoms. The maximum absolute atomic E-state index is 9.59. The molecule has 16 heavy (non-hydrogen) atoms. The van der Waals surface area contributed by atoms with Gasteiger partial charge in [-0.05, 0) is 40.0 Å². The van der Waals surface area contributed by atoms with Gasteiger partial charge in [0.25, 0.3) is 0 Å². The Kier molecular flexibility index (Phi) is 4.26. The van der Waals surface area contributed by atoms with Crippen LogP contribution in [0, 0.1) is 6.92 Å². The predicted octanol–water partition coefficient (Wildman–Crippen LogP) is 1.26. The van der Waals surface area contributed by atoms with Gasteiger partial charge in [0.05, 0.1) is 11.3 Å². The molecule has 0 saturated carbocycles. The largest absolute Gasteiger partial charge is 0.489 e. The zero-order valence-corrected chi connectivity index (χ0v) is 10.4. The predicted molar refractivity (Wildman–Crippen MR) is 63.5 cm³/mol. The van der Waals surface area contributed by atoms with Crippen LogP contribution in [0.4, 0.5) is 0 Å². The molecule has 0 fully saturated rings. The molecule has 0 saturated heterocycles. The summed E-state index contributed by atoms with van der Waals surface area (Å²) in [6, 6.07) is 3.79. The second-order valence-electron chi connectivity index (χ2n) is 4.53. The monoisotopic (exact) mass is 224 g/mol. The number of nitrogens with zero attached hydrogens (tertiary/aromatic N) is 1. The average molecular weight is 224 g/mol. The van der Waals surface area contributed by atoms with Crippen molar-refractivity contribution in [2.75, 3.05) is 13.7 Å². The highest BCUT2D eigenvalue weighted by Gasteiger charge is 2.15. The van der Waals surface area contributed by atoms with Crippen LogP contribution >= 0.6 is 0 Å². The third-order valence-electron chi connectivity index (χ3n) is 2.00. The Balaban J connectivity index is 2.78. The molecule has 0 atom stereocenters. The summed E-state index contributed by atoms with van der Waals surface area (Å²) in [5, 5.41) is 12.6. The SMILES string of the molecule is CNCc1nc(C)ccc1OCC(C)(C)O. The lowest BCUT2D eigenvalue weighted by Gasteiger charge is -2.19. The van der Waals surface area contributed by atoms with Crippen LogP contribution in [0.2, 0.25) is 0 Å². The van der Waals surface area contributed by atoms with Gasteiger partial charge in [0.2, 0.25) is 0 Å². The molecule has 1 aromatic heterocycles. The van der Waals surface area contributed by atoms with Gasteiger partial charge >= 0.3 is 0 Å². The third-order valence-corrected chi connectivity index (χ3v) is 2.00. The molecule has 1 heterocycles. The highest BCUT2D eigenvalue weighted by atomic mass is 16.5. The van der Waals surface area contributed by atoms with Crippen molar-refractivity contribution in [1.29, 1.82) is 0 Å². The molecule has 0 radical (unpaired) electrons. The van der Waals surface area contributed by atoms with Crippen LogP contribution in [0.15, 0.2) is 12.1 Å². The van der Waals surface area contributed by atoms with Crippen molar-refractivity contribution < 1.29 is 9.84 Å². The third kappa shape index (κ3) is 4.16. The first kappa shape index (κ1) is 12.9. The van der Waals surface area contributed by atoms with Crippen LogP contribution < -0.4 is 10.1 Å². The Bertz CT molecular complexity index is 345. The molecule has 1 rings (SSSR count). The molecule has 0 aromatic carbocycles. The number of hydrogen-bond acceptors (Lipinski definition) is 4. The smallest absolute Gasteiger partial charge is 0.142 e. The number of ether oxygens (including phenoxy) is 1. The summed E-state index contributed by atoms with van der Waals surface area (Å²) in [6.45, 7) is 6.29.